The molecule has 1 aromatic rings. The van der Waals surface area contributed by atoms with Gasteiger partial charge in [-0.15, -0.1) is 0 Å². The number of carboxylic acid groups (broad SMARTS) is 1. The van der Waals surface area contributed by atoms with Crippen molar-refractivity contribution in [2.45, 2.75) is 6.54 Å². The first-order valence-corrected chi connectivity index (χ1v) is 4.29. The van der Waals surface area contributed by atoms with Crippen LogP contribution in [0.3, 0.4) is 0 Å². The molecule has 80 valence electrons. The lowest BCUT2D eigenvalue weighted by Gasteiger charge is -2.15. The van der Waals surface area contributed by atoms with Crippen LogP contribution < -0.4 is 0 Å². The van der Waals surface area contributed by atoms with Crippen molar-refractivity contribution in [3.63, 3.8) is 0 Å². The van der Waals surface area contributed by atoms with Gasteiger partial charge in [0, 0.05) is 6.54 Å². The van der Waals surface area contributed by atoms with Gasteiger partial charge in [0.25, 0.3) is 0 Å². The molecule has 5 heteroatoms. The highest BCUT2D eigenvalue weighted by Crippen LogP contribution is 2.06. The van der Waals surface area contributed by atoms with E-state index in [2.05, 4.69) is 0 Å². The van der Waals surface area contributed by atoms with E-state index in [1.807, 2.05) is 0 Å². The van der Waals surface area contributed by atoms with Gasteiger partial charge in [-0.3, -0.25) is 4.90 Å². The highest BCUT2D eigenvalue weighted by Gasteiger charge is 2.10. The van der Waals surface area contributed by atoms with Gasteiger partial charge in [-0.2, -0.15) is 0 Å². The molecule has 0 spiro atoms. The van der Waals surface area contributed by atoms with Gasteiger partial charge >= 0.3 is 6.09 Å². The number of hydrogen-bond acceptors (Lipinski definition) is 2. The molecule has 1 amide bonds. The first-order chi connectivity index (χ1) is 7.13. The number of carbonyl (C=O) groups excluding carboxylic acids is 1. The summed E-state index contributed by atoms with van der Waals surface area (Å²) in [7, 11) is 0. The maximum Gasteiger partial charge on any atom is 0.407 e. The summed E-state index contributed by atoms with van der Waals surface area (Å²) in [6.07, 6.45) is -0.663. The van der Waals surface area contributed by atoms with E-state index in [1.54, 1.807) is 0 Å². The van der Waals surface area contributed by atoms with Crippen LogP contribution in [0.5, 0.6) is 0 Å². The lowest BCUT2D eigenvalue weighted by atomic mass is 10.2. The molecule has 0 fully saturated rings. The van der Waals surface area contributed by atoms with Crippen molar-refractivity contribution in [3.05, 3.63) is 35.6 Å². The molecule has 0 aliphatic carbocycles. The Kier molecular flexibility index (Phi) is 3.79. The Bertz CT molecular complexity index is 350. The summed E-state index contributed by atoms with van der Waals surface area (Å²) in [5.74, 6) is -0.379. The highest BCUT2D eigenvalue weighted by molar-refractivity contribution is 5.69. The number of carbonyl (C=O) groups is 2. The van der Waals surface area contributed by atoms with Crippen molar-refractivity contribution >= 4 is 12.4 Å². The number of halogens is 1. The molecule has 15 heavy (non-hydrogen) atoms. The standard InChI is InChI=1S/C10H10FNO3/c11-9-3-1-8(2-4-9)7-12(5-6-13)10(14)15/h1-4,6H,5,7H2,(H,14,15). The van der Waals surface area contributed by atoms with Gasteiger partial charge in [0.15, 0.2) is 0 Å². The number of rotatable bonds is 4. The largest absolute Gasteiger partial charge is 0.465 e. The third kappa shape index (κ3) is 3.38. The van der Waals surface area contributed by atoms with Crippen LogP contribution in [-0.2, 0) is 11.3 Å². The zero-order chi connectivity index (χ0) is 11.3. The molecule has 0 unspecified atom stereocenters. The van der Waals surface area contributed by atoms with Gasteiger partial charge in [0.1, 0.15) is 12.1 Å². The van der Waals surface area contributed by atoms with Crippen molar-refractivity contribution in [1.29, 1.82) is 0 Å². The molecular weight excluding hydrogens is 201 g/mol. The smallest absolute Gasteiger partial charge is 0.407 e. The summed E-state index contributed by atoms with van der Waals surface area (Å²) in [5, 5.41) is 8.71. The molecule has 0 saturated heterocycles. The van der Waals surface area contributed by atoms with Crippen molar-refractivity contribution in [2.75, 3.05) is 6.54 Å². The fraction of sp³-hybridized carbons (Fsp3) is 0.200. The second-order valence-electron chi connectivity index (χ2n) is 2.96. The van der Waals surface area contributed by atoms with Crippen molar-refractivity contribution < 1.29 is 19.1 Å². The molecule has 1 rings (SSSR count). The number of hydrogen-bond donors (Lipinski definition) is 1. The minimum absolute atomic E-state index is 0.0777. The van der Waals surface area contributed by atoms with Crippen molar-refractivity contribution in [3.8, 4) is 0 Å². The molecular formula is C10H10FNO3. The minimum Gasteiger partial charge on any atom is -0.465 e. The quantitative estimate of drug-likeness (QED) is 0.768. The Morgan fingerprint density at radius 3 is 2.47 bits per heavy atom. The van der Waals surface area contributed by atoms with E-state index in [0.717, 1.165) is 4.90 Å². The van der Waals surface area contributed by atoms with E-state index in [9.17, 15) is 14.0 Å². The molecule has 0 atom stereocenters. The number of aldehydes is 1. The summed E-state index contributed by atoms with van der Waals surface area (Å²) in [6, 6.07) is 5.46. The van der Waals surface area contributed by atoms with E-state index in [-0.39, 0.29) is 18.9 Å². The minimum atomic E-state index is -1.17. The van der Waals surface area contributed by atoms with E-state index < -0.39 is 6.09 Å². The van der Waals surface area contributed by atoms with Crippen molar-refractivity contribution in [1.82, 2.24) is 4.90 Å². The Labute approximate surface area is 85.9 Å². The first kappa shape index (κ1) is 11.2. The number of amides is 1. The molecule has 0 radical (unpaired) electrons. The fourth-order valence-corrected chi connectivity index (χ4v) is 1.11. The Morgan fingerprint density at radius 2 is 2.00 bits per heavy atom. The van der Waals surface area contributed by atoms with E-state index in [4.69, 9.17) is 5.11 Å². The van der Waals surface area contributed by atoms with Crippen LogP contribution >= 0.6 is 0 Å². The van der Waals surface area contributed by atoms with Crippen LogP contribution in [0.15, 0.2) is 24.3 Å². The molecule has 0 heterocycles. The molecule has 0 aliphatic rings. The normalized spacial score (nSPS) is 9.67. The second-order valence-corrected chi connectivity index (χ2v) is 2.96. The zero-order valence-electron chi connectivity index (χ0n) is 7.89. The summed E-state index contributed by atoms with van der Waals surface area (Å²) in [5.41, 5.74) is 0.639. The molecule has 0 aliphatic heterocycles. The monoisotopic (exact) mass is 211 g/mol. The van der Waals surface area contributed by atoms with Gasteiger partial charge in [-0.05, 0) is 17.7 Å². The van der Waals surface area contributed by atoms with Gasteiger partial charge in [-0.1, -0.05) is 12.1 Å². The van der Waals surface area contributed by atoms with Gasteiger partial charge in [0.05, 0.1) is 6.54 Å². The van der Waals surface area contributed by atoms with Crippen LogP contribution in [0.25, 0.3) is 0 Å². The molecule has 1 aromatic carbocycles. The highest BCUT2D eigenvalue weighted by atomic mass is 19.1. The molecule has 4 nitrogen and oxygen atoms in total. The average molecular weight is 211 g/mol. The van der Waals surface area contributed by atoms with E-state index >= 15 is 0 Å². The third-order valence-electron chi connectivity index (χ3n) is 1.85. The topological polar surface area (TPSA) is 57.6 Å². The zero-order valence-corrected chi connectivity index (χ0v) is 7.89. The van der Waals surface area contributed by atoms with Crippen LogP contribution in [0.1, 0.15) is 5.56 Å². The van der Waals surface area contributed by atoms with Gasteiger partial charge < -0.3 is 9.90 Å². The summed E-state index contributed by atoms with van der Waals surface area (Å²) in [6.45, 7) is -0.110. The van der Waals surface area contributed by atoms with Crippen LogP contribution in [-0.4, -0.2) is 28.9 Å². The average Bonchev–Trinajstić information content (AvgIpc) is 2.20. The van der Waals surface area contributed by atoms with Crippen molar-refractivity contribution in [2.24, 2.45) is 0 Å². The molecule has 0 aromatic heterocycles. The fourth-order valence-electron chi connectivity index (χ4n) is 1.11. The SMILES string of the molecule is O=CCN(Cc1ccc(F)cc1)C(=O)O. The van der Waals surface area contributed by atoms with Gasteiger partial charge in [0.2, 0.25) is 0 Å². The lowest BCUT2D eigenvalue weighted by Crippen LogP contribution is -2.30. The Hall–Kier alpha value is -1.91. The maximum absolute atomic E-state index is 12.5. The lowest BCUT2D eigenvalue weighted by molar-refractivity contribution is -0.108. The Morgan fingerprint density at radius 1 is 1.40 bits per heavy atom. The number of nitrogens with zero attached hydrogens (tertiary/aromatic N) is 1. The predicted molar refractivity (Wildman–Crippen MR) is 50.9 cm³/mol. The summed E-state index contributed by atoms with van der Waals surface area (Å²) in [4.78, 5) is 21.8. The van der Waals surface area contributed by atoms with Gasteiger partial charge in [-0.25, -0.2) is 9.18 Å². The van der Waals surface area contributed by atoms with Crippen LogP contribution in [0.2, 0.25) is 0 Å². The Balaban J connectivity index is 2.69. The molecule has 0 saturated carbocycles. The van der Waals surface area contributed by atoms with Crippen LogP contribution in [0, 0.1) is 5.82 Å². The molecule has 1 N–H and O–H groups in total. The van der Waals surface area contributed by atoms with E-state index in [1.165, 1.54) is 24.3 Å². The summed E-state index contributed by atoms with van der Waals surface area (Å²) >= 11 is 0. The first-order valence-electron chi connectivity index (χ1n) is 4.29. The maximum atomic E-state index is 12.5. The third-order valence-corrected chi connectivity index (χ3v) is 1.85. The van der Waals surface area contributed by atoms with Crippen LogP contribution in [0.4, 0.5) is 9.18 Å². The number of benzene rings is 1. The predicted octanol–water partition coefficient (Wildman–Crippen LogP) is 1.50. The molecule has 0 bridgehead atoms. The summed E-state index contributed by atoms with van der Waals surface area (Å²) < 4.78 is 12.5. The van der Waals surface area contributed by atoms with E-state index in [0.29, 0.717) is 11.8 Å². The second kappa shape index (κ2) is 5.09.